The molecule has 4 aromatic rings. The first kappa shape index (κ1) is 25.4. The van der Waals surface area contributed by atoms with Crippen molar-refractivity contribution in [2.75, 3.05) is 19.0 Å². The van der Waals surface area contributed by atoms with Gasteiger partial charge in [0.15, 0.2) is 5.65 Å². The number of halogens is 1. The summed E-state index contributed by atoms with van der Waals surface area (Å²) >= 11 is 6.55. The van der Waals surface area contributed by atoms with Crippen molar-refractivity contribution in [2.24, 2.45) is 0 Å². The minimum atomic E-state index is -0.894. The van der Waals surface area contributed by atoms with E-state index in [-0.39, 0.29) is 19.0 Å². The number of nitrogens with one attached hydrogen (secondary N) is 2. The van der Waals surface area contributed by atoms with Gasteiger partial charge in [0.05, 0.1) is 36.1 Å². The van der Waals surface area contributed by atoms with Crippen molar-refractivity contribution in [3.8, 4) is 40.4 Å². The summed E-state index contributed by atoms with van der Waals surface area (Å²) in [6.45, 7) is 0.184. The quantitative estimate of drug-likeness (QED) is 0.277. The Labute approximate surface area is 222 Å². The SMILES string of the molecule is COC(=O)Nc1ccc(-c2ccc(-c3nc4nc(O[C@H]5COC(C#CO)[C@@H](O)C5)[nH]c4cc3Cl)cc2)cc1. The predicted octanol–water partition coefficient (Wildman–Crippen LogP) is 4.35. The number of hydrogen-bond donors (Lipinski definition) is 4. The number of aromatic amines is 1. The van der Waals surface area contributed by atoms with Crippen molar-refractivity contribution in [3.63, 3.8) is 0 Å². The van der Waals surface area contributed by atoms with Crippen LogP contribution in [-0.2, 0) is 9.47 Å². The third-order valence-electron chi connectivity index (χ3n) is 6.01. The smallest absolute Gasteiger partial charge is 0.411 e. The number of methoxy groups -OCH3 is 1. The van der Waals surface area contributed by atoms with E-state index in [9.17, 15) is 9.90 Å². The Hall–Kier alpha value is -4.30. The molecule has 1 aliphatic rings. The molecule has 2 aromatic heterocycles. The van der Waals surface area contributed by atoms with Gasteiger partial charge in [0.25, 0.3) is 6.01 Å². The largest absolute Gasteiger partial charge is 0.462 e. The van der Waals surface area contributed by atoms with Crippen molar-refractivity contribution in [1.82, 2.24) is 15.0 Å². The number of hydrogen-bond acceptors (Lipinski definition) is 8. The highest BCUT2D eigenvalue weighted by molar-refractivity contribution is 6.33. The number of H-pyrrole nitrogens is 1. The molecule has 194 valence electrons. The number of aliphatic hydroxyl groups is 2. The molecule has 10 nitrogen and oxygen atoms in total. The molecule has 4 N–H and O–H groups in total. The summed E-state index contributed by atoms with van der Waals surface area (Å²) < 4.78 is 15.9. The zero-order valence-electron chi connectivity index (χ0n) is 20.1. The Balaban J connectivity index is 1.30. The molecule has 5 rings (SSSR count). The summed E-state index contributed by atoms with van der Waals surface area (Å²) in [5.41, 5.74) is 5.01. The standard InChI is InChI=1S/C27H23ClN4O6/c1-36-27(35)29-18-8-6-16(7-9-18)15-2-4-17(5-3-15)24-20(28)13-21-25(31-24)32-26(30-21)38-19-12-22(34)23(10-11-33)37-14-19/h2-9,13,19,22-23,33-34H,12,14H2,1H3,(H,29,35)(H,30,31,32)/t19-,22+,23?/m1/s1. The van der Waals surface area contributed by atoms with Gasteiger partial charge in [-0.15, -0.1) is 0 Å². The van der Waals surface area contributed by atoms with Gasteiger partial charge in [-0.1, -0.05) is 48.0 Å². The normalized spacial score (nSPS) is 18.9. The molecule has 1 aliphatic heterocycles. The second-order valence-electron chi connectivity index (χ2n) is 8.56. The number of amides is 1. The van der Waals surface area contributed by atoms with E-state index in [4.69, 9.17) is 26.2 Å². The molecule has 3 heterocycles. The van der Waals surface area contributed by atoms with Gasteiger partial charge in [-0.25, -0.2) is 9.78 Å². The average molecular weight is 535 g/mol. The van der Waals surface area contributed by atoms with Crippen LogP contribution in [0.2, 0.25) is 5.02 Å². The molecule has 3 atom stereocenters. The summed E-state index contributed by atoms with van der Waals surface area (Å²) in [5.74, 6) is 2.40. The molecular weight excluding hydrogens is 512 g/mol. The Bertz CT molecular complexity index is 1510. The summed E-state index contributed by atoms with van der Waals surface area (Å²) in [6, 6.07) is 17.1. The van der Waals surface area contributed by atoms with Gasteiger partial charge >= 0.3 is 6.09 Å². The fraction of sp³-hybridized carbons (Fsp3) is 0.222. The van der Waals surface area contributed by atoms with Gasteiger partial charge in [-0.3, -0.25) is 5.32 Å². The number of pyridine rings is 1. The number of imidazole rings is 1. The Morgan fingerprint density at radius 3 is 2.47 bits per heavy atom. The Morgan fingerprint density at radius 2 is 1.82 bits per heavy atom. The number of benzene rings is 2. The summed E-state index contributed by atoms with van der Waals surface area (Å²) in [4.78, 5) is 23.5. The minimum absolute atomic E-state index is 0.184. The number of carbonyl (C=O) groups is 1. The second-order valence-corrected chi connectivity index (χ2v) is 8.96. The number of anilines is 1. The van der Waals surface area contributed by atoms with E-state index < -0.39 is 24.4 Å². The van der Waals surface area contributed by atoms with Crippen molar-refractivity contribution < 1.29 is 29.2 Å². The van der Waals surface area contributed by atoms with Crippen LogP contribution in [0, 0.1) is 12.0 Å². The van der Waals surface area contributed by atoms with Gasteiger partial charge in [0.1, 0.15) is 18.3 Å². The van der Waals surface area contributed by atoms with Crippen LogP contribution >= 0.6 is 11.6 Å². The predicted molar refractivity (Wildman–Crippen MR) is 140 cm³/mol. The molecule has 2 aromatic carbocycles. The highest BCUT2D eigenvalue weighted by atomic mass is 35.5. The Morgan fingerprint density at radius 1 is 1.13 bits per heavy atom. The minimum Gasteiger partial charge on any atom is -0.462 e. The maximum absolute atomic E-state index is 11.4. The van der Waals surface area contributed by atoms with E-state index in [1.165, 1.54) is 7.11 Å². The summed E-state index contributed by atoms with van der Waals surface area (Å²) in [7, 11) is 1.31. The molecule has 1 amide bonds. The highest BCUT2D eigenvalue weighted by Gasteiger charge is 2.31. The molecule has 1 fully saturated rings. The van der Waals surface area contributed by atoms with E-state index in [1.54, 1.807) is 24.3 Å². The van der Waals surface area contributed by atoms with Gasteiger partial charge in [0.2, 0.25) is 0 Å². The molecule has 38 heavy (non-hydrogen) atoms. The van der Waals surface area contributed by atoms with E-state index >= 15 is 0 Å². The number of ether oxygens (including phenoxy) is 3. The van der Waals surface area contributed by atoms with E-state index in [1.807, 2.05) is 36.4 Å². The molecule has 1 saturated heterocycles. The fourth-order valence-electron chi connectivity index (χ4n) is 4.11. The first-order valence-corrected chi connectivity index (χ1v) is 12.0. The molecule has 1 unspecified atom stereocenters. The summed E-state index contributed by atoms with van der Waals surface area (Å²) in [6.07, 6.45) is -0.590. The van der Waals surface area contributed by atoms with Gasteiger partial charge in [-0.05, 0) is 35.2 Å². The number of aromatic nitrogens is 3. The summed E-state index contributed by atoms with van der Waals surface area (Å²) in [5, 5.41) is 21.9. The lowest BCUT2D eigenvalue weighted by molar-refractivity contribution is -0.0938. The third kappa shape index (κ3) is 5.50. The lowest BCUT2D eigenvalue weighted by atomic mass is 10.0. The molecule has 11 heteroatoms. The van der Waals surface area contributed by atoms with Gasteiger partial charge in [-0.2, -0.15) is 4.98 Å². The second kappa shape index (κ2) is 11.0. The number of fused-ring (bicyclic) bond motifs is 1. The van der Waals surface area contributed by atoms with Crippen molar-refractivity contribution in [2.45, 2.75) is 24.7 Å². The number of carbonyl (C=O) groups excluding carboxylic acids is 1. The molecule has 0 aliphatic carbocycles. The third-order valence-corrected chi connectivity index (χ3v) is 6.30. The number of aliphatic hydroxyl groups excluding tert-OH is 2. The topological polar surface area (TPSA) is 139 Å². The van der Waals surface area contributed by atoms with Crippen LogP contribution in [0.5, 0.6) is 6.01 Å². The fourth-order valence-corrected chi connectivity index (χ4v) is 4.37. The van der Waals surface area contributed by atoms with Crippen LogP contribution in [0.4, 0.5) is 10.5 Å². The van der Waals surface area contributed by atoms with E-state index in [0.717, 1.165) is 16.7 Å². The first-order valence-electron chi connectivity index (χ1n) is 11.7. The molecular formula is C27H23ClN4O6. The van der Waals surface area contributed by atoms with Crippen LogP contribution in [0.3, 0.4) is 0 Å². The average Bonchev–Trinajstić information content (AvgIpc) is 3.31. The Kier molecular flexibility index (Phi) is 7.33. The van der Waals surface area contributed by atoms with Crippen molar-refractivity contribution in [3.05, 3.63) is 59.6 Å². The molecule has 0 bridgehead atoms. The van der Waals surface area contributed by atoms with Crippen LogP contribution in [0.25, 0.3) is 33.5 Å². The first-order chi connectivity index (χ1) is 18.4. The van der Waals surface area contributed by atoms with Crippen LogP contribution < -0.4 is 10.1 Å². The lowest BCUT2D eigenvalue weighted by Crippen LogP contribution is -2.42. The van der Waals surface area contributed by atoms with E-state index in [2.05, 4.69) is 30.9 Å². The van der Waals surface area contributed by atoms with Crippen LogP contribution in [-0.4, -0.2) is 63.3 Å². The molecule has 0 radical (unpaired) electrons. The monoisotopic (exact) mass is 534 g/mol. The zero-order chi connectivity index (χ0) is 26.6. The van der Waals surface area contributed by atoms with Crippen molar-refractivity contribution >= 4 is 34.5 Å². The van der Waals surface area contributed by atoms with Crippen LogP contribution in [0.15, 0.2) is 54.6 Å². The number of rotatable bonds is 5. The lowest BCUT2D eigenvalue weighted by Gasteiger charge is -2.29. The van der Waals surface area contributed by atoms with Crippen molar-refractivity contribution in [1.29, 1.82) is 0 Å². The number of nitrogens with zero attached hydrogens (tertiary/aromatic N) is 2. The van der Waals surface area contributed by atoms with Gasteiger partial charge in [0, 0.05) is 17.7 Å². The maximum atomic E-state index is 11.4. The molecule has 0 spiro atoms. The van der Waals surface area contributed by atoms with Crippen LogP contribution in [0.1, 0.15) is 6.42 Å². The van der Waals surface area contributed by atoms with E-state index in [0.29, 0.717) is 27.6 Å². The zero-order valence-corrected chi connectivity index (χ0v) is 20.9. The molecule has 0 saturated carbocycles. The maximum Gasteiger partial charge on any atom is 0.411 e. The van der Waals surface area contributed by atoms with Gasteiger partial charge < -0.3 is 29.4 Å². The highest BCUT2D eigenvalue weighted by Crippen LogP contribution is 2.32.